The van der Waals surface area contributed by atoms with Gasteiger partial charge < -0.3 is 11.1 Å². The molecular formula is C15H22N2O. The van der Waals surface area contributed by atoms with E-state index in [4.69, 9.17) is 5.73 Å². The van der Waals surface area contributed by atoms with Crippen molar-refractivity contribution in [3.8, 4) is 0 Å². The number of rotatable bonds is 5. The highest BCUT2D eigenvalue weighted by molar-refractivity contribution is 5.86. The molecule has 3 N–H and O–H groups in total. The Morgan fingerprint density at radius 1 is 1.44 bits per heavy atom. The summed E-state index contributed by atoms with van der Waals surface area (Å²) < 4.78 is 0. The largest absolute Gasteiger partial charge is 0.354 e. The minimum absolute atomic E-state index is 0.0347. The lowest BCUT2D eigenvalue weighted by molar-refractivity contribution is -0.123. The Kier molecular flexibility index (Phi) is 4.02. The predicted molar refractivity (Wildman–Crippen MR) is 73.3 cm³/mol. The Labute approximate surface area is 109 Å². The van der Waals surface area contributed by atoms with E-state index in [0.29, 0.717) is 12.5 Å². The van der Waals surface area contributed by atoms with E-state index in [2.05, 4.69) is 25.2 Å². The van der Waals surface area contributed by atoms with Crippen molar-refractivity contribution >= 4 is 5.91 Å². The molecule has 0 heterocycles. The molecule has 0 radical (unpaired) electrons. The second kappa shape index (κ2) is 5.53. The van der Waals surface area contributed by atoms with Gasteiger partial charge in [0.1, 0.15) is 0 Å². The molecule has 0 saturated heterocycles. The smallest absolute Gasteiger partial charge is 0.227 e. The molecule has 18 heavy (non-hydrogen) atoms. The maximum atomic E-state index is 12.0. The van der Waals surface area contributed by atoms with Gasteiger partial charge in [-0.25, -0.2) is 0 Å². The number of benzene rings is 1. The molecule has 98 valence electrons. The number of carbonyl (C=O) groups is 1. The molecule has 3 heteroatoms. The fourth-order valence-corrected chi connectivity index (χ4v) is 2.54. The highest BCUT2D eigenvalue weighted by Crippen LogP contribution is 2.34. The number of hydrogen-bond donors (Lipinski definition) is 2. The van der Waals surface area contributed by atoms with E-state index < -0.39 is 0 Å². The Bertz CT molecular complexity index is 428. The molecule has 2 unspecified atom stereocenters. The third-order valence-electron chi connectivity index (χ3n) is 3.48. The Hall–Kier alpha value is -1.35. The minimum Gasteiger partial charge on any atom is -0.354 e. The van der Waals surface area contributed by atoms with Crippen LogP contribution in [0.3, 0.4) is 0 Å². The van der Waals surface area contributed by atoms with E-state index in [1.807, 2.05) is 18.2 Å². The number of carbonyl (C=O) groups excluding carboxylic acids is 1. The maximum absolute atomic E-state index is 12.0. The molecule has 1 aliphatic carbocycles. The molecule has 0 aromatic heterocycles. The van der Waals surface area contributed by atoms with Crippen molar-refractivity contribution in [2.75, 3.05) is 6.54 Å². The molecule has 1 aromatic rings. The van der Waals surface area contributed by atoms with E-state index in [1.54, 1.807) is 0 Å². The van der Waals surface area contributed by atoms with Crippen LogP contribution in [0.1, 0.15) is 37.3 Å². The first-order valence-electron chi connectivity index (χ1n) is 6.69. The summed E-state index contributed by atoms with van der Waals surface area (Å²) in [6, 6.07) is 8.19. The van der Waals surface area contributed by atoms with Crippen molar-refractivity contribution in [2.45, 2.75) is 38.6 Å². The van der Waals surface area contributed by atoms with Gasteiger partial charge in [-0.1, -0.05) is 38.1 Å². The van der Waals surface area contributed by atoms with Gasteiger partial charge >= 0.3 is 0 Å². The molecule has 3 nitrogen and oxygen atoms in total. The summed E-state index contributed by atoms with van der Waals surface area (Å²) in [5.41, 5.74) is 8.43. The quantitative estimate of drug-likeness (QED) is 0.832. The number of nitrogens with one attached hydrogen (secondary N) is 1. The number of hydrogen-bond acceptors (Lipinski definition) is 2. The van der Waals surface area contributed by atoms with Crippen LogP contribution < -0.4 is 11.1 Å². The van der Waals surface area contributed by atoms with Crippen LogP contribution >= 0.6 is 0 Å². The summed E-state index contributed by atoms with van der Waals surface area (Å²) in [4.78, 5) is 12.0. The van der Waals surface area contributed by atoms with Crippen LogP contribution in [0.25, 0.3) is 0 Å². The molecule has 0 spiro atoms. The fourth-order valence-electron chi connectivity index (χ4n) is 2.54. The first-order chi connectivity index (χ1) is 8.58. The fraction of sp³-hybridized carbons (Fsp3) is 0.533. The van der Waals surface area contributed by atoms with Gasteiger partial charge in [-0.2, -0.15) is 0 Å². The first kappa shape index (κ1) is 13.1. The molecule has 0 fully saturated rings. The average Bonchev–Trinajstić information content (AvgIpc) is 2.27. The van der Waals surface area contributed by atoms with Crippen molar-refractivity contribution in [3.63, 3.8) is 0 Å². The summed E-state index contributed by atoms with van der Waals surface area (Å²) in [5.74, 6) is 0.724. The molecular weight excluding hydrogens is 224 g/mol. The van der Waals surface area contributed by atoms with Crippen LogP contribution in [0.2, 0.25) is 0 Å². The molecule has 1 amide bonds. The maximum Gasteiger partial charge on any atom is 0.227 e. The van der Waals surface area contributed by atoms with Crippen molar-refractivity contribution < 1.29 is 4.79 Å². The lowest BCUT2D eigenvalue weighted by Gasteiger charge is -2.29. The standard InChI is InChI=1S/C15H22N2O/c1-10(2)7-12(16)9-17-15(18)14-8-11-5-3-4-6-13(11)14/h3-6,10,12,14H,7-9,16H2,1-2H3,(H,17,18). The van der Waals surface area contributed by atoms with E-state index in [1.165, 1.54) is 11.1 Å². The van der Waals surface area contributed by atoms with Crippen molar-refractivity contribution in [1.29, 1.82) is 0 Å². The van der Waals surface area contributed by atoms with Crippen LogP contribution in [-0.4, -0.2) is 18.5 Å². The van der Waals surface area contributed by atoms with Crippen molar-refractivity contribution in [1.82, 2.24) is 5.32 Å². The zero-order chi connectivity index (χ0) is 13.1. The molecule has 1 aliphatic rings. The average molecular weight is 246 g/mol. The summed E-state index contributed by atoms with van der Waals surface area (Å²) in [7, 11) is 0. The van der Waals surface area contributed by atoms with Gasteiger partial charge in [-0.15, -0.1) is 0 Å². The van der Waals surface area contributed by atoms with Gasteiger partial charge in [0.05, 0.1) is 5.92 Å². The zero-order valence-electron chi connectivity index (χ0n) is 11.1. The first-order valence-corrected chi connectivity index (χ1v) is 6.69. The lowest BCUT2D eigenvalue weighted by Crippen LogP contribution is -2.42. The number of fused-ring (bicyclic) bond motifs is 1. The monoisotopic (exact) mass is 246 g/mol. The summed E-state index contributed by atoms with van der Waals surface area (Å²) in [6.45, 7) is 4.86. The van der Waals surface area contributed by atoms with Gasteiger partial charge in [-0.05, 0) is 29.9 Å². The second-order valence-corrected chi connectivity index (χ2v) is 5.59. The Balaban J connectivity index is 1.81. The van der Waals surface area contributed by atoms with Crippen LogP contribution in [0, 0.1) is 5.92 Å². The molecule has 1 aromatic carbocycles. The lowest BCUT2D eigenvalue weighted by atomic mass is 9.77. The Morgan fingerprint density at radius 2 is 2.17 bits per heavy atom. The second-order valence-electron chi connectivity index (χ2n) is 5.59. The van der Waals surface area contributed by atoms with Crippen LogP contribution in [-0.2, 0) is 11.2 Å². The SMILES string of the molecule is CC(C)CC(N)CNC(=O)C1Cc2ccccc21. The molecule has 0 saturated carbocycles. The zero-order valence-corrected chi connectivity index (χ0v) is 11.1. The van der Waals surface area contributed by atoms with Gasteiger partial charge in [0, 0.05) is 12.6 Å². The highest BCUT2D eigenvalue weighted by atomic mass is 16.1. The van der Waals surface area contributed by atoms with Crippen LogP contribution in [0.15, 0.2) is 24.3 Å². The summed E-state index contributed by atoms with van der Waals surface area (Å²) >= 11 is 0. The van der Waals surface area contributed by atoms with E-state index >= 15 is 0 Å². The summed E-state index contributed by atoms with van der Waals surface area (Å²) in [6.07, 6.45) is 1.81. The van der Waals surface area contributed by atoms with Gasteiger partial charge in [0.25, 0.3) is 0 Å². The summed E-state index contributed by atoms with van der Waals surface area (Å²) in [5, 5.41) is 2.97. The number of nitrogens with two attached hydrogens (primary N) is 1. The molecule has 0 bridgehead atoms. The van der Waals surface area contributed by atoms with Crippen molar-refractivity contribution in [3.05, 3.63) is 35.4 Å². The third kappa shape index (κ3) is 2.91. The minimum atomic E-state index is 0.0347. The van der Waals surface area contributed by atoms with E-state index in [9.17, 15) is 4.79 Å². The van der Waals surface area contributed by atoms with Crippen LogP contribution in [0.4, 0.5) is 0 Å². The molecule has 0 aliphatic heterocycles. The van der Waals surface area contributed by atoms with Gasteiger partial charge in [0.15, 0.2) is 0 Å². The van der Waals surface area contributed by atoms with E-state index in [-0.39, 0.29) is 17.9 Å². The van der Waals surface area contributed by atoms with Crippen molar-refractivity contribution in [2.24, 2.45) is 11.7 Å². The predicted octanol–water partition coefficient (Wildman–Crippen LogP) is 1.82. The Morgan fingerprint density at radius 3 is 2.83 bits per heavy atom. The van der Waals surface area contributed by atoms with E-state index in [0.717, 1.165) is 12.8 Å². The highest BCUT2D eigenvalue weighted by Gasteiger charge is 2.31. The molecule has 2 rings (SSSR count). The third-order valence-corrected chi connectivity index (χ3v) is 3.48. The van der Waals surface area contributed by atoms with Crippen LogP contribution in [0.5, 0.6) is 0 Å². The van der Waals surface area contributed by atoms with Gasteiger partial charge in [0.2, 0.25) is 5.91 Å². The normalized spacial score (nSPS) is 19.0. The molecule has 2 atom stereocenters. The van der Waals surface area contributed by atoms with Gasteiger partial charge in [-0.3, -0.25) is 4.79 Å². The topological polar surface area (TPSA) is 55.1 Å². The number of amides is 1.